The molecule has 0 amide bonds. The first-order valence-corrected chi connectivity index (χ1v) is 27.0. The molecule has 6 nitrogen and oxygen atoms in total. The zero-order valence-corrected chi connectivity index (χ0v) is 43.1. The lowest BCUT2D eigenvalue weighted by atomic mass is 10.1. The summed E-state index contributed by atoms with van der Waals surface area (Å²) >= 11 is 0. The minimum Gasteiger partial charge on any atom is -0.462 e. The molecule has 1 atom stereocenters. The molecule has 0 aliphatic rings. The van der Waals surface area contributed by atoms with Gasteiger partial charge in [-0.05, 0) is 128 Å². The number of ether oxygens (including phenoxy) is 3. The van der Waals surface area contributed by atoms with E-state index in [1.165, 1.54) is 38.5 Å². The van der Waals surface area contributed by atoms with Crippen molar-refractivity contribution in [1.82, 2.24) is 0 Å². The molecule has 0 saturated carbocycles. The molecule has 0 fully saturated rings. The van der Waals surface area contributed by atoms with E-state index in [0.29, 0.717) is 19.3 Å². The molecule has 0 saturated heterocycles. The van der Waals surface area contributed by atoms with Gasteiger partial charge in [-0.1, -0.05) is 200 Å². The Morgan fingerprint density at radius 3 is 0.940 bits per heavy atom. The van der Waals surface area contributed by atoms with Gasteiger partial charge >= 0.3 is 17.9 Å². The molecule has 0 radical (unpaired) electrons. The molecule has 0 aliphatic heterocycles. The Bertz CT molecular complexity index is 1440. The molecule has 0 aromatic heterocycles. The maximum absolute atomic E-state index is 12.8. The molecule has 1 unspecified atom stereocenters. The van der Waals surface area contributed by atoms with E-state index >= 15 is 0 Å². The van der Waals surface area contributed by atoms with Crippen LogP contribution >= 0.6 is 0 Å². The summed E-state index contributed by atoms with van der Waals surface area (Å²) in [5.74, 6) is -0.984. The number of carbonyl (C=O) groups excluding carboxylic acids is 3. The summed E-state index contributed by atoms with van der Waals surface area (Å²) in [4.78, 5) is 38.1. The second-order valence-corrected chi connectivity index (χ2v) is 17.4. The number of hydrogen-bond donors (Lipinski definition) is 0. The summed E-state index contributed by atoms with van der Waals surface area (Å²) in [6, 6.07) is 0. The molecule has 378 valence electrons. The highest BCUT2D eigenvalue weighted by atomic mass is 16.6. The van der Waals surface area contributed by atoms with Crippen LogP contribution in [0.5, 0.6) is 0 Å². The van der Waals surface area contributed by atoms with Crippen LogP contribution in [0.3, 0.4) is 0 Å². The van der Waals surface area contributed by atoms with Gasteiger partial charge in [0.25, 0.3) is 0 Å². The summed E-state index contributed by atoms with van der Waals surface area (Å²) in [7, 11) is 0. The number of hydrogen-bond acceptors (Lipinski definition) is 6. The standard InChI is InChI=1S/C61H98O6/c1-4-7-10-13-16-19-22-25-28-29-30-31-34-36-39-42-45-48-51-54-60(63)66-57-58(67-61(64)55-52-49-46-43-40-37-33-27-24-21-18-15-12-9-6-3)56-65-59(62)53-50-47-44-41-38-35-32-26-23-20-17-14-11-8-5-2/h7,9-10,12,16-21,25-28,30-33,40,43,58H,4-6,8,11,13-15,22-24,29,34-39,41-42,44-57H2,1-3H3/b10-7-,12-9-,19-16-,20-17-,21-18-,28-25-,31-30-,32-26-,33-27-,43-40-. The van der Waals surface area contributed by atoms with Crippen LogP contribution in [-0.2, 0) is 28.6 Å². The first kappa shape index (κ1) is 62.8. The highest BCUT2D eigenvalue weighted by Crippen LogP contribution is 2.13. The van der Waals surface area contributed by atoms with Crippen LogP contribution in [0.4, 0.5) is 0 Å². The molecule has 67 heavy (non-hydrogen) atoms. The van der Waals surface area contributed by atoms with Crippen molar-refractivity contribution in [3.63, 3.8) is 0 Å². The highest BCUT2D eigenvalue weighted by molar-refractivity contribution is 5.71. The van der Waals surface area contributed by atoms with E-state index in [4.69, 9.17) is 14.2 Å². The van der Waals surface area contributed by atoms with Gasteiger partial charge in [-0.3, -0.25) is 14.4 Å². The van der Waals surface area contributed by atoms with Gasteiger partial charge in [-0.2, -0.15) is 0 Å². The van der Waals surface area contributed by atoms with E-state index in [0.717, 1.165) is 141 Å². The van der Waals surface area contributed by atoms with Gasteiger partial charge in [0.05, 0.1) is 0 Å². The van der Waals surface area contributed by atoms with Crippen LogP contribution in [0.25, 0.3) is 0 Å². The van der Waals surface area contributed by atoms with Crippen molar-refractivity contribution >= 4 is 17.9 Å². The van der Waals surface area contributed by atoms with E-state index in [9.17, 15) is 14.4 Å². The number of allylic oxidation sites excluding steroid dienone is 20. The predicted molar refractivity (Wildman–Crippen MR) is 288 cm³/mol. The lowest BCUT2D eigenvalue weighted by Gasteiger charge is -2.18. The van der Waals surface area contributed by atoms with Gasteiger partial charge in [0.1, 0.15) is 13.2 Å². The third kappa shape index (κ3) is 52.6. The van der Waals surface area contributed by atoms with Gasteiger partial charge in [-0.15, -0.1) is 0 Å². The predicted octanol–water partition coefficient (Wildman–Crippen LogP) is 18.1. The number of unbranched alkanes of at least 4 members (excludes halogenated alkanes) is 16. The van der Waals surface area contributed by atoms with Gasteiger partial charge in [-0.25, -0.2) is 0 Å². The van der Waals surface area contributed by atoms with Crippen LogP contribution in [0.2, 0.25) is 0 Å². The van der Waals surface area contributed by atoms with E-state index in [1.807, 2.05) is 0 Å². The van der Waals surface area contributed by atoms with Crippen LogP contribution in [0.15, 0.2) is 122 Å². The lowest BCUT2D eigenvalue weighted by Crippen LogP contribution is -2.30. The zero-order chi connectivity index (χ0) is 48.6. The summed E-state index contributed by atoms with van der Waals surface area (Å²) in [6.45, 7) is 6.31. The normalized spacial score (nSPS) is 13.1. The molecule has 6 heteroatoms. The fraction of sp³-hybridized carbons (Fsp3) is 0.623. The van der Waals surface area contributed by atoms with Crippen LogP contribution in [0, 0.1) is 0 Å². The second kappa shape index (κ2) is 54.4. The maximum atomic E-state index is 12.8. The van der Waals surface area contributed by atoms with Crippen molar-refractivity contribution < 1.29 is 28.6 Å². The molecule has 0 aliphatic carbocycles. The Kier molecular flexibility index (Phi) is 51.0. The average molecular weight is 927 g/mol. The summed E-state index contributed by atoms with van der Waals surface area (Å²) in [6.07, 6.45) is 74.7. The van der Waals surface area contributed by atoms with Gasteiger partial charge < -0.3 is 14.2 Å². The Morgan fingerprint density at radius 1 is 0.313 bits per heavy atom. The van der Waals surface area contributed by atoms with Crippen molar-refractivity contribution in [2.45, 2.75) is 232 Å². The molecule has 0 spiro atoms. The van der Waals surface area contributed by atoms with Crippen LogP contribution < -0.4 is 0 Å². The third-order valence-corrected chi connectivity index (χ3v) is 10.9. The molecule has 0 N–H and O–H groups in total. The second-order valence-electron chi connectivity index (χ2n) is 17.4. The fourth-order valence-electron chi connectivity index (χ4n) is 6.92. The molecule has 0 bridgehead atoms. The van der Waals surface area contributed by atoms with Crippen molar-refractivity contribution in [3.8, 4) is 0 Å². The highest BCUT2D eigenvalue weighted by Gasteiger charge is 2.19. The fourth-order valence-corrected chi connectivity index (χ4v) is 6.92. The molecule has 0 aromatic carbocycles. The zero-order valence-electron chi connectivity index (χ0n) is 43.1. The molecule has 0 heterocycles. The third-order valence-electron chi connectivity index (χ3n) is 10.9. The van der Waals surface area contributed by atoms with E-state index in [-0.39, 0.29) is 37.5 Å². The molecule has 0 aromatic rings. The Morgan fingerprint density at radius 2 is 0.582 bits per heavy atom. The first-order valence-electron chi connectivity index (χ1n) is 27.0. The smallest absolute Gasteiger partial charge is 0.306 e. The van der Waals surface area contributed by atoms with Gasteiger partial charge in [0.15, 0.2) is 6.10 Å². The SMILES string of the molecule is CC/C=C\C/C=C\C/C=C\C/C=C\CCCCCCCCC(=O)OCC(COC(=O)CCCCCCC/C=C\C/C=C\CCCCC)OC(=O)CCCC/C=C\C/C=C\C/C=C\C/C=C\CC. The van der Waals surface area contributed by atoms with Gasteiger partial charge in [0, 0.05) is 19.3 Å². The quantitative estimate of drug-likeness (QED) is 0.0262. The summed E-state index contributed by atoms with van der Waals surface area (Å²) in [5.41, 5.74) is 0. The van der Waals surface area contributed by atoms with Crippen LogP contribution in [-0.4, -0.2) is 37.2 Å². The van der Waals surface area contributed by atoms with E-state index in [2.05, 4.69) is 142 Å². The first-order chi connectivity index (χ1) is 33.0. The average Bonchev–Trinajstić information content (AvgIpc) is 3.33. The largest absolute Gasteiger partial charge is 0.462 e. The van der Waals surface area contributed by atoms with Crippen LogP contribution in [0.1, 0.15) is 226 Å². The Labute approximate surface area is 412 Å². The van der Waals surface area contributed by atoms with E-state index < -0.39 is 6.10 Å². The topological polar surface area (TPSA) is 78.9 Å². The number of carbonyl (C=O) groups is 3. The molecular formula is C61H98O6. The van der Waals surface area contributed by atoms with Crippen molar-refractivity contribution in [2.24, 2.45) is 0 Å². The van der Waals surface area contributed by atoms with Crippen molar-refractivity contribution in [3.05, 3.63) is 122 Å². The summed E-state index contributed by atoms with van der Waals surface area (Å²) < 4.78 is 16.8. The minimum absolute atomic E-state index is 0.110. The number of esters is 3. The number of rotatable bonds is 47. The van der Waals surface area contributed by atoms with Crippen molar-refractivity contribution in [1.29, 1.82) is 0 Å². The van der Waals surface area contributed by atoms with Gasteiger partial charge in [0.2, 0.25) is 0 Å². The minimum atomic E-state index is -0.815. The Hall–Kier alpha value is -4.19. The monoisotopic (exact) mass is 927 g/mol. The molecule has 0 rings (SSSR count). The molecular weight excluding hydrogens is 829 g/mol. The Balaban J connectivity index is 4.51. The van der Waals surface area contributed by atoms with E-state index in [1.54, 1.807) is 0 Å². The maximum Gasteiger partial charge on any atom is 0.306 e. The van der Waals surface area contributed by atoms with Crippen molar-refractivity contribution in [2.75, 3.05) is 13.2 Å². The lowest BCUT2D eigenvalue weighted by molar-refractivity contribution is -0.167. The summed E-state index contributed by atoms with van der Waals surface area (Å²) in [5, 5.41) is 0.